The first kappa shape index (κ1) is 23.1. The predicted molar refractivity (Wildman–Crippen MR) is 118 cm³/mol. The van der Waals surface area contributed by atoms with Gasteiger partial charge in [-0.05, 0) is 24.1 Å². The normalized spacial score (nSPS) is 15.2. The fourth-order valence-electron chi connectivity index (χ4n) is 3.68. The first-order valence-corrected chi connectivity index (χ1v) is 10.5. The van der Waals surface area contributed by atoms with Gasteiger partial charge in [0.2, 0.25) is 11.8 Å². The molecule has 32 heavy (non-hydrogen) atoms. The third-order valence-electron chi connectivity index (χ3n) is 5.44. The summed E-state index contributed by atoms with van der Waals surface area (Å²) in [5.41, 5.74) is 6.37. The van der Waals surface area contributed by atoms with Crippen LogP contribution < -0.4 is 11.1 Å². The number of nitrogens with two attached hydrogens (primary N) is 1. The molecule has 0 spiro atoms. The van der Waals surface area contributed by atoms with Crippen LogP contribution in [-0.4, -0.2) is 70.0 Å². The third kappa shape index (κ3) is 6.21. The largest absolute Gasteiger partial charge is 0.508 e. The number of phenols is 2. The molecule has 1 aliphatic rings. The van der Waals surface area contributed by atoms with E-state index in [1.54, 1.807) is 4.90 Å². The molecule has 1 aliphatic heterocycles. The Hall–Kier alpha value is -3.59. The van der Waals surface area contributed by atoms with Crippen LogP contribution in [-0.2, 0) is 16.1 Å². The minimum absolute atomic E-state index is 0.0585. The number of hydrogen-bond donors (Lipinski definition) is 4. The van der Waals surface area contributed by atoms with Crippen LogP contribution in [0.25, 0.3) is 0 Å². The molecule has 9 nitrogen and oxygen atoms in total. The molecule has 2 aromatic rings. The number of primary amides is 1. The number of nitrogens with zero attached hydrogens (tertiary/aromatic N) is 2. The van der Waals surface area contributed by atoms with Crippen molar-refractivity contribution < 1.29 is 24.6 Å². The van der Waals surface area contributed by atoms with E-state index in [1.165, 1.54) is 17.7 Å². The fourth-order valence-corrected chi connectivity index (χ4v) is 3.68. The molecule has 0 unspecified atom stereocenters. The summed E-state index contributed by atoms with van der Waals surface area (Å²) in [6.45, 7) is 3.18. The van der Waals surface area contributed by atoms with E-state index < -0.39 is 23.6 Å². The molecule has 0 bridgehead atoms. The Labute approximate surface area is 186 Å². The van der Waals surface area contributed by atoms with Crippen LogP contribution in [0.2, 0.25) is 0 Å². The second-order valence-electron chi connectivity index (χ2n) is 7.82. The van der Waals surface area contributed by atoms with Crippen molar-refractivity contribution in [3.05, 3.63) is 59.7 Å². The number of piperazine rings is 1. The number of phenolic OH excluding ortho intramolecular Hbond substituents is 2. The number of aromatic hydroxyl groups is 2. The lowest BCUT2D eigenvalue weighted by atomic mass is 10.1. The highest BCUT2D eigenvalue weighted by molar-refractivity contribution is 5.99. The standard InChI is InChI=1S/C23H28N4O5/c24-21(30)9-8-19(25-22(31)18-7-6-17(28)14-20(18)29)23(32)27-12-10-26(11-13-27)15-16-4-2-1-3-5-16/h1-7,14,19,28-29H,8-13,15H2,(H2,24,30)(H,25,31)/t19-/m0/s1. The van der Waals surface area contributed by atoms with Gasteiger partial charge in [-0.15, -0.1) is 0 Å². The quantitative estimate of drug-likeness (QED) is 0.480. The van der Waals surface area contributed by atoms with E-state index in [2.05, 4.69) is 22.3 Å². The van der Waals surface area contributed by atoms with Gasteiger partial charge < -0.3 is 26.2 Å². The van der Waals surface area contributed by atoms with Crippen molar-refractivity contribution in [2.45, 2.75) is 25.4 Å². The molecule has 1 heterocycles. The molecular weight excluding hydrogens is 412 g/mol. The van der Waals surface area contributed by atoms with Gasteiger partial charge in [0.25, 0.3) is 5.91 Å². The summed E-state index contributed by atoms with van der Waals surface area (Å²) >= 11 is 0. The van der Waals surface area contributed by atoms with Gasteiger partial charge >= 0.3 is 0 Å². The average molecular weight is 441 g/mol. The zero-order valence-electron chi connectivity index (χ0n) is 17.7. The Morgan fingerprint density at radius 3 is 2.31 bits per heavy atom. The molecule has 3 rings (SSSR count). The maximum Gasteiger partial charge on any atom is 0.255 e. The summed E-state index contributed by atoms with van der Waals surface area (Å²) in [6.07, 6.45) is -0.00476. The molecule has 170 valence electrons. The van der Waals surface area contributed by atoms with Crippen LogP contribution in [0.5, 0.6) is 11.5 Å². The van der Waals surface area contributed by atoms with Gasteiger partial charge in [-0.25, -0.2) is 0 Å². The van der Waals surface area contributed by atoms with Crippen LogP contribution in [0.15, 0.2) is 48.5 Å². The number of nitrogens with one attached hydrogen (secondary N) is 1. The van der Waals surface area contributed by atoms with Gasteiger partial charge in [-0.1, -0.05) is 30.3 Å². The SMILES string of the molecule is NC(=O)CC[C@H](NC(=O)c1ccc(O)cc1O)C(=O)N1CCN(Cc2ccccc2)CC1. The van der Waals surface area contributed by atoms with Gasteiger partial charge in [-0.2, -0.15) is 0 Å². The Morgan fingerprint density at radius 2 is 1.69 bits per heavy atom. The van der Waals surface area contributed by atoms with E-state index in [1.807, 2.05) is 18.2 Å². The topological polar surface area (TPSA) is 136 Å². The molecule has 0 radical (unpaired) electrons. The van der Waals surface area contributed by atoms with Crippen molar-refractivity contribution in [3.63, 3.8) is 0 Å². The average Bonchev–Trinajstić information content (AvgIpc) is 2.77. The lowest BCUT2D eigenvalue weighted by molar-refractivity contribution is -0.135. The first-order chi connectivity index (χ1) is 15.3. The van der Waals surface area contributed by atoms with Crippen LogP contribution in [0.4, 0.5) is 0 Å². The van der Waals surface area contributed by atoms with Crippen molar-refractivity contribution in [1.82, 2.24) is 15.1 Å². The lowest BCUT2D eigenvalue weighted by Gasteiger charge is -2.36. The van der Waals surface area contributed by atoms with Crippen LogP contribution in [0.3, 0.4) is 0 Å². The van der Waals surface area contributed by atoms with Crippen molar-refractivity contribution in [2.24, 2.45) is 5.73 Å². The van der Waals surface area contributed by atoms with Crippen molar-refractivity contribution >= 4 is 17.7 Å². The molecule has 1 atom stereocenters. The highest BCUT2D eigenvalue weighted by Gasteiger charge is 2.29. The van der Waals surface area contributed by atoms with Gasteiger partial charge in [0.15, 0.2) is 0 Å². The molecule has 9 heteroatoms. The molecule has 1 fully saturated rings. The van der Waals surface area contributed by atoms with E-state index in [9.17, 15) is 24.6 Å². The van der Waals surface area contributed by atoms with Crippen LogP contribution >= 0.6 is 0 Å². The maximum absolute atomic E-state index is 13.1. The highest BCUT2D eigenvalue weighted by Crippen LogP contribution is 2.22. The molecule has 0 aromatic heterocycles. The number of hydrogen-bond acceptors (Lipinski definition) is 6. The summed E-state index contributed by atoms with van der Waals surface area (Å²) in [5, 5.41) is 22.0. The second-order valence-corrected chi connectivity index (χ2v) is 7.82. The van der Waals surface area contributed by atoms with E-state index in [0.29, 0.717) is 26.2 Å². The van der Waals surface area contributed by atoms with Gasteiger partial charge in [0.05, 0.1) is 5.56 Å². The number of benzene rings is 2. The van der Waals surface area contributed by atoms with Gasteiger partial charge in [-0.3, -0.25) is 19.3 Å². The Bertz CT molecular complexity index is 958. The number of amides is 3. The highest BCUT2D eigenvalue weighted by atomic mass is 16.3. The summed E-state index contributed by atoms with van der Waals surface area (Å²) in [4.78, 5) is 40.9. The zero-order valence-corrected chi connectivity index (χ0v) is 17.7. The summed E-state index contributed by atoms with van der Waals surface area (Å²) in [7, 11) is 0. The minimum atomic E-state index is -0.955. The minimum Gasteiger partial charge on any atom is -0.508 e. The smallest absolute Gasteiger partial charge is 0.255 e. The Morgan fingerprint density at radius 1 is 1.00 bits per heavy atom. The van der Waals surface area contributed by atoms with Crippen LogP contribution in [0, 0.1) is 0 Å². The summed E-state index contributed by atoms with van der Waals surface area (Å²) < 4.78 is 0. The van der Waals surface area contributed by atoms with E-state index in [0.717, 1.165) is 12.6 Å². The van der Waals surface area contributed by atoms with E-state index in [4.69, 9.17) is 5.73 Å². The lowest BCUT2D eigenvalue weighted by Crippen LogP contribution is -2.54. The molecule has 3 amide bonds. The number of carbonyl (C=O) groups excluding carboxylic acids is 3. The fraction of sp³-hybridized carbons (Fsp3) is 0.348. The van der Waals surface area contributed by atoms with Crippen molar-refractivity contribution in [2.75, 3.05) is 26.2 Å². The molecule has 0 aliphatic carbocycles. The third-order valence-corrected chi connectivity index (χ3v) is 5.44. The predicted octanol–water partition coefficient (Wildman–Crippen LogP) is 0.806. The van der Waals surface area contributed by atoms with E-state index >= 15 is 0 Å². The second kappa shape index (κ2) is 10.6. The zero-order chi connectivity index (χ0) is 23.1. The molecule has 0 saturated carbocycles. The van der Waals surface area contributed by atoms with Crippen molar-refractivity contribution in [1.29, 1.82) is 0 Å². The number of rotatable bonds is 8. The Kier molecular flexibility index (Phi) is 7.67. The van der Waals surface area contributed by atoms with Crippen molar-refractivity contribution in [3.8, 4) is 11.5 Å². The van der Waals surface area contributed by atoms with Gasteiger partial charge in [0, 0.05) is 45.2 Å². The molecule has 2 aromatic carbocycles. The van der Waals surface area contributed by atoms with E-state index in [-0.39, 0.29) is 30.1 Å². The van der Waals surface area contributed by atoms with Gasteiger partial charge in [0.1, 0.15) is 17.5 Å². The first-order valence-electron chi connectivity index (χ1n) is 10.5. The number of carbonyl (C=O) groups is 3. The Balaban J connectivity index is 1.62. The maximum atomic E-state index is 13.1. The molecule has 5 N–H and O–H groups in total. The molecular formula is C23H28N4O5. The summed E-state index contributed by atoms with van der Waals surface area (Å²) in [6, 6.07) is 12.7. The monoisotopic (exact) mass is 440 g/mol. The molecule has 1 saturated heterocycles. The summed E-state index contributed by atoms with van der Waals surface area (Å²) in [5.74, 6) is -2.13. The van der Waals surface area contributed by atoms with Crippen LogP contribution in [0.1, 0.15) is 28.8 Å².